The van der Waals surface area contributed by atoms with E-state index in [1.54, 1.807) is 6.20 Å². The fourth-order valence-corrected chi connectivity index (χ4v) is 2.51. The normalized spacial score (nSPS) is 23.0. The van der Waals surface area contributed by atoms with E-state index in [1.165, 1.54) is 0 Å². The smallest absolute Gasteiger partial charge is 0.319 e. The first-order valence-corrected chi connectivity index (χ1v) is 7.92. The van der Waals surface area contributed by atoms with Crippen LogP contribution in [0.15, 0.2) is 18.3 Å². The molecule has 1 aromatic heterocycles. The van der Waals surface area contributed by atoms with Crippen molar-refractivity contribution in [1.82, 2.24) is 10.3 Å². The summed E-state index contributed by atoms with van der Waals surface area (Å²) in [5.74, 6) is 0.912. The summed E-state index contributed by atoms with van der Waals surface area (Å²) in [4.78, 5) is 18.4. The number of nitrogens with one attached hydrogen (secondary N) is 2. The van der Waals surface area contributed by atoms with Gasteiger partial charge in [-0.25, -0.2) is 9.78 Å². The van der Waals surface area contributed by atoms with Crippen LogP contribution >= 0.6 is 0 Å². The molecule has 0 aliphatic carbocycles. The van der Waals surface area contributed by atoms with Gasteiger partial charge in [-0.2, -0.15) is 0 Å². The molecule has 0 aromatic carbocycles. The van der Waals surface area contributed by atoms with E-state index in [1.807, 2.05) is 26.0 Å². The van der Waals surface area contributed by atoms with E-state index < -0.39 is 0 Å². The third kappa shape index (κ3) is 4.59. The molecule has 2 amide bonds. The van der Waals surface area contributed by atoms with E-state index in [2.05, 4.69) is 34.4 Å². The van der Waals surface area contributed by atoms with Crippen molar-refractivity contribution in [1.29, 1.82) is 0 Å². The monoisotopic (exact) mass is 306 g/mol. The second-order valence-corrected chi connectivity index (χ2v) is 5.98. The first-order valence-electron chi connectivity index (χ1n) is 7.92. The molecule has 0 saturated carbocycles. The van der Waals surface area contributed by atoms with Crippen molar-refractivity contribution in [2.24, 2.45) is 0 Å². The average Bonchev–Trinajstić information content (AvgIpc) is 2.46. The minimum Gasteiger partial charge on any atom is -0.372 e. The number of morpholine rings is 1. The number of ether oxygens (including phenoxy) is 1. The number of nitrogens with zero attached hydrogens (tertiary/aromatic N) is 2. The van der Waals surface area contributed by atoms with Gasteiger partial charge in [0.1, 0.15) is 5.82 Å². The largest absolute Gasteiger partial charge is 0.372 e. The van der Waals surface area contributed by atoms with Gasteiger partial charge in [0, 0.05) is 19.1 Å². The van der Waals surface area contributed by atoms with Crippen LogP contribution in [0.5, 0.6) is 0 Å². The molecule has 1 aliphatic rings. The highest BCUT2D eigenvalue weighted by Crippen LogP contribution is 2.19. The minimum absolute atomic E-state index is 0.156. The fraction of sp³-hybridized carbons (Fsp3) is 0.625. The topological polar surface area (TPSA) is 66.5 Å². The average molecular weight is 306 g/mol. The number of hydrogen-bond acceptors (Lipinski definition) is 4. The highest BCUT2D eigenvalue weighted by molar-refractivity contribution is 5.89. The van der Waals surface area contributed by atoms with Crippen molar-refractivity contribution in [2.75, 3.05) is 23.3 Å². The summed E-state index contributed by atoms with van der Waals surface area (Å²) >= 11 is 0. The van der Waals surface area contributed by atoms with Crippen LogP contribution in [0.1, 0.15) is 34.1 Å². The van der Waals surface area contributed by atoms with Crippen LogP contribution in [0.2, 0.25) is 0 Å². The van der Waals surface area contributed by atoms with Crippen LogP contribution in [-0.4, -0.2) is 42.4 Å². The lowest BCUT2D eigenvalue weighted by Gasteiger charge is -2.36. The molecule has 1 aliphatic heterocycles. The van der Waals surface area contributed by atoms with Crippen LogP contribution in [0.4, 0.5) is 16.3 Å². The molecule has 122 valence electrons. The summed E-state index contributed by atoms with van der Waals surface area (Å²) in [5, 5.41) is 5.66. The Morgan fingerprint density at radius 1 is 1.41 bits per heavy atom. The van der Waals surface area contributed by atoms with Crippen molar-refractivity contribution in [3.8, 4) is 0 Å². The first-order chi connectivity index (χ1) is 10.5. The molecule has 2 heterocycles. The van der Waals surface area contributed by atoms with Crippen LogP contribution in [-0.2, 0) is 4.74 Å². The number of carbonyl (C=O) groups is 1. The predicted molar refractivity (Wildman–Crippen MR) is 88.4 cm³/mol. The van der Waals surface area contributed by atoms with E-state index >= 15 is 0 Å². The molecule has 6 nitrogen and oxygen atoms in total. The molecule has 3 unspecified atom stereocenters. The molecule has 1 fully saturated rings. The van der Waals surface area contributed by atoms with Gasteiger partial charge in [-0.15, -0.1) is 0 Å². The van der Waals surface area contributed by atoms with Gasteiger partial charge >= 0.3 is 6.03 Å². The van der Waals surface area contributed by atoms with E-state index in [0.29, 0.717) is 5.69 Å². The molecule has 1 saturated heterocycles. The molecular formula is C16H26N4O2. The molecule has 3 atom stereocenters. The summed E-state index contributed by atoms with van der Waals surface area (Å²) < 4.78 is 5.73. The predicted octanol–water partition coefficient (Wildman–Crippen LogP) is 2.62. The maximum atomic E-state index is 11.8. The van der Waals surface area contributed by atoms with Crippen LogP contribution < -0.4 is 15.5 Å². The maximum Gasteiger partial charge on any atom is 0.319 e. The number of rotatable bonds is 4. The van der Waals surface area contributed by atoms with Gasteiger partial charge in [-0.3, -0.25) is 0 Å². The maximum absolute atomic E-state index is 11.8. The number of amides is 2. The SMILES string of the molecule is CCC(C)NC(=O)Nc1ccc(N2CC(C)OC(C)C2)nc1. The standard InChI is InChI=1S/C16H26N4O2/c1-5-11(2)18-16(21)19-14-6-7-15(17-8-14)20-9-12(3)22-13(4)10-20/h6-8,11-13H,5,9-10H2,1-4H3,(H2,18,19,21). The highest BCUT2D eigenvalue weighted by atomic mass is 16.5. The van der Waals surface area contributed by atoms with Crippen molar-refractivity contribution < 1.29 is 9.53 Å². The Bertz CT molecular complexity index is 481. The van der Waals surface area contributed by atoms with Gasteiger partial charge in [-0.1, -0.05) is 6.92 Å². The number of urea groups is 1. The van der Waals surface area contributed by atoms with Crippen LogP contribution in [0.3, 0.4) is 0 Å². The van der Waals surface area contributed by atoms with E-state index in [-0.39, 0.29) is 24.3 Å². The lowest BCUT2D eigenvalue weighted by Crippen LogP contribution is -2.45. The summed E-state index contributed by atoms with van der Waals surface area (Å²) in [6, 6.07) is 3.77. The molecule has 0 spiro atoms. The van der Waals surface area contributed by atoms with E-state index in [9.17, 15) is 4.79 Å². The molecular weight excluding hydrogens is 280 g/mol. The molecule has 6 heteroatoms. The quantitative estimate of drug-likeness (QED) is 0.897. The second kappa shape index (κ2) is 7.45. The highest BCUT2D eigenvalue weighted by Gasteiger charge is 2.23. The van der Waals surface area contributed by atoms with E-state index in [0.717, 1.165) is 25.3 Å². The number of carbonyl (C=O) groups excluding carboxylic acids is 1. The lowest BCUT2D eigenvalue weighted by atomic mass is 10.2. The molecule has 0 bridgehead atoms. The van der Waals surface area contributed by atoms with Gasteiger partial charge in [-0.05, 0) is 39.3 Å². The Balaban J connectivity index is 1.94. The first kappa shape index (κ1) is 16.5. The Labute approximate surface area is 132 Å². The second-order valence-electron chi connectivity index (χ2n) is 5.98. The zero-order valence-electron chi connectivity index (χ0n) is 13.8. The number of anilines is 2. The van der Waals surface area contributed by atoms with Crippen molar-refractivity contribution in [3.63, 3.8) is 0 Å². The van der Waals surface area contributed by atoms with Crippen LogP contribution in [0.25, 0.3) is 0 Å². The van der Waals surface area contributed by atoms with Gasteiger partial charge in [0.15, 0.2) is 0 Å². The van der Waals surface area contributed by atoms with Crippen LogP contribution in [0, 0.1) is 0 Å². The Morgan fingerprint density at radius 2 is 2.09 bits per heavy atom. The molecule has 1 aromatic rings. The number of aromatic nitrogens is 1. The zero-order chi connectivity index (χ0) is 16.1. The number of pyridine rings is 1. The summed E-state index contributed by atoms with van der Waals surface area (Å²) in [5.41, 5.74) is 0.693. The van der Waals surface area contributed by atoms with Crippen molar-refractivity contribution in [2.45, 2.75) is 52.4 Å². The van der Waals surface area contributed by atoms with Gasteiger partial charge in [0.05, 0.1) is 24.1 Å². The Hall–Kier alpha value is -1.82. The third-order valence-electron chi connectivity index (χ3n) is 3.74. The van der Waals surface area contributed by atoms with Gasteiger partial charge < -0.3 is 20.3 Å². The molecule has 2 rings (SSSR count). The molecule has 2 N–H and O–H groups in total. The Kier molecular flexibility index (Phi) is 5.60. The van der Waals surface area contributed by atoms with Crippen molar-refractivity contribution in [3.05, 3.63) is 18.3 Å². The summed E-state index contributed by atoms with van der Waals surface area (Å²) in [6.45, 7) is 9.81. The summed E-state index contributed by atoms with van der Waals surface area (Å²) in [7, 11) is 0. The van der Waals surface area contributed by atoms with Crippen molar-refractivity contribution >= 4 is 17.5 Å². The zero-order valence-corrected chi connectivity index (χ0v) is 13.8. The fourth-order valence-electron chi connectivity index (χ4n) is 2.51. The lowest BCUT2D eigenvalue weighted by molar-refractivity contribution is -0.00545. The van der Waals surface area contributed by atoms with Gasteiger partial charge in [0.2, 0.25) is 0 Å². The Morgan fingerprint density at radius 3 is 2.64 bits per heavy atom. The third-order valence-corrected chi connectivity index (χ3v) is 3.74. The molecule has 0 radical (unpaired) electrons. The van der Waals surface area contributed by atoms with Gasteiger partial charge in [0.25, 0.3) is 0 Å². The number of hydrogen-bond donors (Lipinski definition) is 2. The molecule has 22 heavy (non-hydrogen) atoms. The van der Waals surface area contributed by atoms with E-state index in [4.69, 9.17) is 4.74 Å². The minimum atomic E-state index is -0.197. The summed E-state index contributed by atoms with van der Waals surface area (Å²) in [6.07, 6.45) is 2.99.